The summed E-state index contributed by atoms with van der Waals surface area (Å²) in [6.45, 7) is 1.21. The topological polar surface area (TPSA) is 12.0 Å². The van der Waals surface area contributed by atoms with Crippen molar-refractivity contribution in [2.24, 2.45) is 0 Å². The third kappa shape index (κ3) is 3.76. The van der Waals surface area contributed by atoms with Crippen LogP contribution >= 0.6 is 11.8 Å². The monoisotopic (exact) mass is 275 g/mol. The first-order chi connectivity index (χ1) is 9.42. The van der Waals surface area contributed by atoms with Gasteiger partial charge in [-0.05, 0) is 67.2 Å². The quantitative estimate of drug-likeness (QED) is 0.895. The van der Waals surface area contributed by atoms with Crippen molar-refractivity contribution in [2.45, 2.75) is 50.5 Å². The summed E-state index contributed by atoms with van der Waals surface area (Å²) in [5, 5.41) is 3.66. The largest absolute Gasteiger partial charge is 0.314 e. The maximum Gasteiger partial charge on any atom is 0.0107 e. The third-order valence-corrected chi connectivity index (χ3v) is 5.59. The molecule has 2 heteroatoms. The summed E-state index contributed by atoms with van der Waals surface area (Å²) in [5.74, 6) is 3.51. The number of thioether (sulfide) groups is 1. The molecule has 104 valence electrons. The second-order valence-corrected chi connectivity index (χ2v) is 7.21. The van der Waals surface area contributed by atoms with Crippen LogP contribution < -0.4 is 5.32 Å². The molecule has 2 aliphatic heterocycles. The van der Waals surface area contributed by atoms with Gasteiger partial charge in [0, 0.05) is 6.04 Å². The molecule has 19 heavy (non-hydrogen) atoms. The lowest BCUT2D eigenvalue weighted by Gasteiger charge is -2.25. The Morgan fingerprint density at radius 3 is 2.79 bits per heavy atom. The number of benzene rings is 1. The molecule has 3 rings (SSSR count). The fraction of sp³-hybridized carbons (Fsp3) is 0.647. The van der Waals surface area contributed by atoms with Gasteiger partial charge in [0.25, 0.3) is 0 Å². The minimum Gasteiger partial charge on any atom is -0.314 e. The zero-order valence-electron chi connectivity index (χ0n) is 11.7. The van der Waals surface area contributed by atoms with Crippen LogP contribution in [0.5, 0.6) is 0 Å². The highest BCUT2D eigenvalue weighted by molar-refractivity contribution is 7.99. The van der Waals surface area contributed by atoms with Crippen molar-refractivity contribution in [3.63, 3.8) is 0 Å². The smallest absolute Gasteiger partial charge is 0.0107 e. The van der Waals surface area contributed by atoms with Gasteiger partial charge in [-0.1, -0.05) is 30.7 Å². The van der Waals surface area contributed by atoms with Gasteiger partial charge in [-0.25, -0.2) is 0 Å². The standard InChI is InChI=1S/C17H25NS/c1-2-9-18-17(6-1)13-14-4-3-5-16(12-14)15-7-10-19-11-8-15/h3-5,12,15,17-18H,1-2,6-11,13H2. The van der Waals surface area contributed by atoms with Gasteiger partial charge in [0.05, 0.1) is 0 Å². The molecule has 0 aliphatic carbocycles. The van der Waals surface area contributed by atoms with Crippen molar-refractivity contribution >= 4 is 11.8 Å². The van der Waals surface area contributed by atoms with Crippen molar-refractivity contribution in [1.82, 2.24) is 5.32 Å². The molecule has 2 aliphatic rings. The first-order valence-corrected chi connectivity index (χ1v) is 8.97. The first-order valence-electron chi connectivity index (χ1n) is 7.82. The van der Waals surface area contributed by atoms with Crippen molar-refractivity contribution in [2.75, 3.05) is 18.1 Å². The molecule has 1 aromatic rings. The highest BCUT2D eigenvalue weighted by Gasteiger charge is 2.17. The van der Waals surface area contributed by atoms with Gasteiger partial charge in [-0.3, -0.25) is 0 Å². The molecule has 1 nitrogen and oxygen atoms in total. The third-order valence-electron chi connectivity index (χ3n) is 4.54. The fourth-order valence-electron chi connectivity index (χ4n) is 3.39. The van der Waals surface area contributed by atoms with E-state index in [1.165, 1.54) is 62.1 Å². The normalized spacial score (nSPS) is 25.4. The van der Waals surface area contributed by atoms with Crippen LogP contribution in [0.2, 0.25) is 0 Å². The molecule has 0 amide bonds. The van der Waals surface area contributed by atoms with Crippen molar-refractivity contribution < 1.29 is 0 Å². The molecule has 1 unspecified atom stereocenters. The lowest BCUT2D eigenvalue weighted by atomic mass is 9.90. The molecule has 1 aromatic carbocycles. The number of hydrogen-bond acceptors (Lipinski definition) is 2. The zero-order chi connectivity index (χ0) is 12.9. The number of nitrogens with one attached hydrogen (secondary N) is 1. The van der Waals surface area contributed by atoms with E-state index in [2.05, 4.69) is 41.3 Å². The number of hydrogen-bond donors (Lipinski definition) is 1. The van der Waals surface area contributed by atoms with Gasteiger partial charge in [0.2, 0.25) is 0 Å². The van der Waals surface area contributed by atoms with E-state index >= 15 is 0 Å². The van der Waals surface area contributed by atoms with Crippen molar-refractivity contribution in [3.05, 3.63) is 35.4 Å². The molecule has 0 aromatic heterocycles. The lowest BCUT2D eigenvalue weighted by molar-refractivity contribution is 0.399. The Balaban J connectivity index is 1.64. The molecule has 1 N–H and O–H groups in total. The maximum absolute atomic E-state index is 3.66. The SMILES string of the molecule is c1cc(CC2CCCCN2)cc(C2CCSCC2)c1. The summed E-state index contributed by atoms with van der Waals surface area (Å²) >= 11 is 2.12. The van der Waals surface area contributed by atoms with Crippen LogP contribution in [0.15, 0.2) is 24.3 Å². The van der Waals surface area contributed by atoms with E-state index in [1.807, 2.05) is 0 Å². The van der Waals surface area contributed by atoms with Gasteiger partial charge < -0.3 is 5.32 Å². The van der Waals surface area contributed by atoms with E-state index < -0.39 is 0 Å². The summed E-state index contributed by atoms with van der Waals surface area (Å²) in [7, 11) is 0. The summed E-state index contributed by atoms with van der Waals surface area (Å²) in [6.07, 6.45) is 8.07. The lowest BCUT2D eigenvalue weighted by Crippen LogP contribution is -2.35. The Labute approximate surface area is 121 Å². The van der Waals surface area contributed by atoms with Crippen LogP contribution in [0.1, 0.15) is 49.1 Å². The summed E-state index contributed by atoms with van der Waals surface area (Å²) in [6, 6.07) is 10.1. The van der Waals surface area contributed by atoms with Crippen molar-refractivity contribution in [3.8, 4) is 0 Å². The molecule has 0 radical (unpaired) electrons. The minimum absolute atomic E-state index is 0.714. The highest BCUT2D eigenvalue weighted by Crippen LogP contribution is 2.32. The summed E-state index contributed by atoms with van der Waals surface area (Å²) < 4.78 is 0. The fourth-order valence-corrected chi connectivity index (χ4v) is 4.49. The number of piperidine rings is 1. The highest BCUT2D eigenvalue weighted by atomic mass is 32.2. The summed E-state index contributed by atoms with van der Waals surface area (Å²) in [4.78, 5) is 0. The Kier molecular flexibility index (Phi) is 4.84. The van der Waals surface area contributed by atoms with Gasteiger partial charge in [0.1, 0.15) is 0 Å². The van der Waals surface area contributed by atoms with Crippen LogP contribution in [0, 0.1) is 0 Å². The molecule has 2 heterocycles. The van der Waals surface area contributed by atoms with E-state index in [9.17, 15) is 0 Å². The van der Waals surface area contributed by atoms with Gasteiger partial charge >= 0.3 is 0 Å². The Bertz CT molecular complexity index is 392. The molecule has 0 spiro atoms. The first kappa shape index (κ1) is 13.5. The number of rotatable bonds is 3. The second-order valence-electron chi connectivity index (χ2n) is 5.98. The van der Waals surface area contributed by atoms with E-state index in [0.29, 0.717) is 6.04 Å². The van der Waals surface area contributed by atoms with Crippen LogP contribution in [0.4, 0.5) is 0 Å². The van der Waals surface area contributed by atoms with Crippen LogP contribution in [-0.4, -0.2) is 24.1 Å². The Morgan fingerprint density at radius 1 is 1.11 bits per heavy atom. The molecule has 1 atom stereocenters. The van der Waals surface area contributed by atoms with Crippen molar-refractivity contribution in [1.29, 1.82) is 0 Å². The molecule has 0 bridgehead atoms. The van der Waals surface area contributed by atoms with Gasteiger partial charge in [0.15, 0.2) is 0 Å². The predicted octanol–water partition coefficient (Wildman–Crippen LogP) is 3.98. The van der Waals surface area contributed by atoms with Crippen LogP contribution in [-0.2, 0) is 6.42 Å². The van der Waals surface area contributed by atoms with E-state index in [0.717, 1.165) is 5.92 Å². The maximum atomic E-state index is 3.66. The molecular formula is C17H25NS. The second kappa shape index (κ2) is 6.81. The Morgan fingerprint density at radius 2 is 2.00 bits per heavy atom. The van der Waals surface area contributed by atoms with E-state index in [4.69, 9.17) is 0 Å². The molecule has 0 saturated carbocycles. The zero-order valence-corrected chi connectivity index (χ0v) is 12.6. The minimum atomic E-state index is 0.714. The van der Waals surface area contributed by atoms with E-state index in [1.54, 1.807) is 5.56 Å². The Hall–Kier alpha value is -0.470. The van der Waals surface area contributed by atoms with Crippen LogP contribution in [0.3, 0.4) is 0 Å². The average Bonchev–Trinajstić information content (AvgIpc) is 2.49. The van der Waals surface area contributed by atoms with E-state index in [-0.39, 0.29) is 0 Å². The molecule has 2 fully saturated rings. The van der Waals surface area contributed by atoms with Gasteiger partial charge in [-0.15, -0.1) is 0 Å². The van der Waals surface area contributed by atoms with Crippen LogP contribution in [0.25, 0.3) is 0 Å². The van der Waals surface area contributed by atoms with Gasteiger partial charge in [-0.2, -0.15) is 11.8 Å². The average molecular weight is 275 g/mol. The predicted molar refractivity (Wildman–Crippen MR) is 85.1 cm³/mol. The molecule has 2 saturated heterocycles. The molecular weight excluding hydrogens is 250 g/mol. The summed E-state index contributed by atoms with van der Waals surface area (Å²) in [5.41, 5.74) is 3.13.